The average molecular weight is 339 g/mol. The molecule has 0 bridgehead atoms. The van der Waals surface area contributed by atoms with E-state index in [0.29, 0.717) is 24.1 Å². The van der Waals surface area contributed by atoms with Crippen LogP contribution < -0.4 is 10.6 Å². The molecule has 2 aliphatic rings. The number of thiophene rings is 1. The standard InChI is InChI=1S/C16H25N3O3S/c1-19-6-4-11(5-7-19)18-12-10-22-13(15(12)20)9-17-16(21)14-3-2-8-23-14/h2-3,8,11-13,15,18,20H,4-7,9-10H2,1H3,(H,17,21)/t12-,13-,15+/m1/s1. The van der Waals surface area contributed by atoms with Gasteiger partial charge < -0.3 is 25.4 Å². The van der Waals surface area contributed by atoms with Gasteiger partial charge in [-0.2, -0.15) is 0 Å². The van der Waals surface area contributed by atoms with Crippen molar-refractivity contribution in [3.05, 3.63) is 22.4 Å². The van der Waals surface area contributed by atoms with Gasteiger partial charge in [0, 0.05) is 12.6 Å². The first-order valence-corrected chi connectivity index (χ1v) is 9.07. The molecule has 0 saturated carbocycles. The number of aliphatic hydroxyl groups is 1. The minimum atomic E-state index is -0.585. The number of hydrogen-bond donors (Lipinski definition) is 3. The SMILES string of the molecule is CN1CCC(N[C@@H]2CO[C@H](CNC(=O)c3cccs3)[C@H]2O)CC1. The van der Waals surface area contributed by atoms with E-state index < -0.39 is 6.10 Å². The Morgan fingerprint density at radius 3 is 2.96 bits per heavy atom. The largest absolute Gasteiger partial charge is 0.389 e. The number of likely N-dealkylation sites (tertiary alicyclic amines) is 1. The van der Waals surface area contributed by atoms with Gasteiger partial charge in [-0.3, -0.25) is 4.79 Å². The van der Waals surface area contributed by atoms with Crippen molar-refractivity contribution < 1.29 is 14.6 Å². The molecule has 23 heavy (non-hydrogen) atoms. The zero-order chi connectivity index (χ0) is 16.2. The van der Waals surface area contributed by atoms with Crippen molar-refractivity contribution in [1.29, 1.82) is 0 Å². The third kappa shape index (κ3) is 4.30. The van der Waals surface area contributed by atoms with Crippen molar-refractivity contribution in [2.45, 2.75) is 37.1 Å². The zero-order valence-corrected chi connectivity index (χ0v) is 14.2. The maximum absolute atomic E-state index is 11.9. The van der Waals surface area contributed by atoms with Gasteiger partial charge in [-0.25, -0.2) is 0 Å². The van der Waals surface area contributed by atoms with Gasteiger partial charge in [0.05, 0.1) is 23.6 Å². The highest BCUT2D eigenvalue weighted by Gasteiger charge is 2.37. The quantitative estimate of drug-likeness (QED) is 0.719. The lowest BCUT2D eigenvalue weighted by Crippen LogP contribution is -2.51. The first-order valence-electron chi connectivity index (χ1n) is 8.19. The molecule has 0 aliphatic carbocycles. The van der Waals surface area contributed by atoms with E-state index in [9.17, 15) is 9.90 Å². The predicted molar refractivity (Wildman–Crippen MR) is 89.8 cm³/mol. The van der Waals surface area contributed by atoms with Gasteiger partial charge in [0.1, 0.15) is 6.10 Å². The van der Waals surface area contributed by atoms with Crippen LogP contribution in [-0.4, -0.2) is 73.5 Å². The Kier molecular flexibility index (Phi) is 5.66. The van der Waals surface area contributed by atoms with Crippen LogP contribution in [0.3, 0.4) is 0 Å². The summed E-state index contributed by atoms with van der Waals surface area (Å²) in [6.07, 6.45) is 1.26. The molecule has 2 aliphatic heterocycles. The van der Waals surface area contributed by atoms with Gasteiger partial charge in [-0.15, -0.1) is 11.3 Å². The van der Waals surface area contributed by atoms with Crippen molar-refractivity contribution in [2.24, 2.45) is 0 Å². The fourth-order valence-corrected chi connectivity index (χ4v) is 3.82. The fraction of sp³-hybridized carbons (Fsp3) is 0.688. The summed E-state index contributed by atoms with van der Waals surface area (Å²) < 4.78 is 5.67. The molecule has 128 valence electrons. The first-order chi connectivity index (χ1) is 11.1. The maximum atomic E-state index is 11.9. The third-order valence-corrected chi connectivity index (χ3v) is 5.53. The number of amides is 1. The molecule has 1 amide bonds. The minimum absolute atomic E-state index is 0.0490. The molecule has 0 aromatic carbocycles. The first kappa shape index (κ1) is 16.9. The van der Waals surface area contributed by atoms with Crippen LogP contribution in [0, 0.1) is 0 Å². The zero-order valence-electron chi connectivity index (χ0n) is 13.4. The van der Waals surface area contributed by atoms with Crippen LogP contribution >= 0.6 is 11.3 Å². The van der Waals surface area contributed by atoms with Crippen molar-refractivity contribution in [2.75, 3.05) is 33.3 Å². The summed E-state index contributed by atoms with van der Waals surface area (Å²) in [7, 11) is 2.13. The summed E-state index contributed by atoms with van der Waals surface area (Å²) in [6, 6.07) is 4.03. The molecular weight excluding hydrogens is 314 g/mol. The van der Waals surface area contributed by atoms with Crippen LogP contribution in [0.5, 0.6) is 0 Å². The van der Waals surface area contributed by atoms with E-state index in [4.69, 9.17) is 4.74 Å². The van der Waals surface area contributed by atoms with E-state index >= 15 is 0 Å². The van der Waals surface area contributed by atoms with Crippen molar-refractivity contribution in [1.82, 2.24) is 15.5 Å². The van der Waals surface area contributed by atoms with E-state index in [2.05, 4.69) is 22.6 Å². The van der Waals surface area contributed by atoms with Gasteiger partial charge >= 0.3 is 0 Å². The third-order valence-electron chi connectivity index (χ3n) is 4.66. The Morgan fingerprint density at radius 1 is 1.48 bits per heavy atom. The molecule has 0 radical (unpaired) electrons. The van der Waals surface area contributed by atoms with Gasteiger partial charge in [-0.05, 0) is 44.4 Å². The van der Waals surface area contributed by atoms with Gasteiger partial charge in [0.15, 0.2) is 0 Å². The summed E-state index contributed by atoms with van der Waals surface area (Å²) in [5, 5.41) is 18.7. The van der Waals surface area contributed by atoms with Crippen molar-refractivity contribution >= 4 is 17.2 Å². The second-order valence-corrected chi connectivity index (χ2v) is 7.35. The highest BCUT2D eigenvalue weighted by atomic mass is 32.1. The number of rotatable bonds is 5. The number of nitrogens with one attached hydrogen (secondary N) is 2. The lowest BCUT2D eigenvalue weighted by Gasteiger charge is -2.32. The molecule has 3 N–H and O–H groups in total. The Labute approximate surface area is 140 Å². The molecule has 0 unspecified atom stereocenters. The highest BCUT2D eigenvalue weighted by molar-refractivity contribution is 7.12. The van der Waals surface area contributed by atoms with E-state index in [1.807, 2.05) is 11.4 Å². The Morgan fingerprint density at radius 2 is 2.26 bits per heavy atom. The Balaban J connectivity index is 1.43. The Hall–Kier alpha value is -0.990. The molecule has 0 spiro atoms. The summed E-state index contributed by atoms with van der Waals surface area (Å²) >= 11 is 1.41. The number of piperidine rings is 1. The number of aliphatic hydroxyl groups excluding tert-OH is 1. The highest BCUT2D eigenvalue weighted by Crippen LogP contribution is 2.17. The molecule has 3 heterocycles. The van der Waals surface area contributed by atoms with Crippen LogP contribution in [0.4, 0.5) is 0 Å². The summed E-state index contributed by atoms with van der Waals surface area (Å²) in [5.74, 6) is -0.109. The van der Waals surface area contributed by atoms with Gasteiger partial charge in [0.2, 0.25) is 0 Å². The summed E-state index contributed by atoms with van der Waals surface area (Å²) in [6.45, 7) is 3.00. The van der Waals surface area contributed by atoms with Gasteiger partial charge in [-0.1, -0.05) is 6.07 Å². The van der Waals surface area contributed by atoms with Crippen LogP contribution in [-0.2, 0) is 4.74 Å². The molecule has 3 rings (SSSR count). The number of hydrogen-bond acceptors (Lipinski definition) is 6. The molecule has 1 aromatic heterocycles. The van der Waals surface area contributed by atoms with Crippen molar-refractivity contribution in [3.63, 3.8) is 0 Å². The van der Waals surface area contributed by atoms with Crippen LogP contribution in [0.25, 0.3) is 0 Å². The van der Waals surface area contributed by atoms with Gasteiger partial charge in [0.25, 0.3) is 5.91 Å². The monoisotopic (exact) mass is 339 g/mol. The van der Waals surface area contributed by atoms with Crippen LogP contribution in [0.15, 0.2) is 17.5 Å². The van der Waals surface area contributed by atoms with E-state index in [1.54, 1.807) is 6.07 Å². The summed E-state index contributed by atoms with van der Waals surface area (Å²) in [5.41, 5.74) is 0. The predicted octanol–water partition coefficient (Wildman–Crippen LogP) is 0.290. The van der Waals surface area contributed by atoms with Crippen molar-refractivity contribution in [3.8, 4) is 0 Å². The van der Waals surface area contributed by atoms with E-state index in [1.165, 1.54) is 11.3 Å². The number of carbonyl (C=O) groups is 1. The molecule has 1 aromatic rings. The smallest absolute Gasteiger partial charge is 0.261 e. The van der Waals surface area contributed by atoms with Crippen LogP contribution in [0.1, 0.15) is 22.5 Å². The second-order valence-electron chi connectivity index (χ2n) is 6.40. The molecule has 2 saturated heterocycles. The second kappa shape index (κ2) is 7.72. The molecule has 3 atom stereocenters. The molecule has 7 heteroatoms. The lowest BCUT2D eigenvalue weighted by molar-refractivity contribution is 0.0393. The molecule has 6 nitrogen and oxygen atoms in total. The number of ether oxygens (including phenoxy) is 1. The van der Waals surface area contributed by atoms with E-state index in [0.717, 1.165) is 25.9 Å². The number of carbonyl (C=O) groups excluding carboxylic acids is 1. The summed E-state index contributed by atoms with van der Waals surface area (Å²) in [4.78, 5) is 14.9. The van der Waals surface area contributed by atoms with Crippen LogP contribution in [0.2, 0.25) is 0 Å². The average Bonchev–Trinajstić information content (AvgIpc) is 3.19. The topological polar surface area (TPSA) is 73.8 Å². The number of nitrogens with zero attached hydrogens (tertiary/aromatic N) is 1. The normalized spacial score (nSPS) is 29.7. The maximum Gasteiger partial charge on any atom is 0.261 e. The lowest BCUT2D eigenvalue weighted by atomic mass is 10.0. The van der Waals surface area contributed by atoms with E-state index in [-0.39, 0.29) is 18.1 Å². The fourth-order valence-electron chi connectivity index (χ4n) is 3.18. The Bertz CT molecular complexity index is 503. The molecule has 2 fully saturated rings. The minimum Gasteiger partial charge on any atom is -0.389 e. The molecular formula is C16H25N3O3S.